The average molecular weight is 344 g/mol. The lowest BCUT2D eigenvalue weighted by Crippen LogP contribution is -2.29. The molecule has 24 heavy (non-hydrogen) atoms. The maximum absolute atomic E-state index is 12.7. The molecule has 5 nitrogen and oxygen atoms in total. The third kappa shape index (κ3) is 3.08. The SMILES string of the molecule is CCCn1c(=O)n(CC(=O)Nc2ccccc2Cl)c2ccccc21. The summed E-state index contributed by atoms with van der Waals surface area (Å²) in [6.07, 6.45) is 0.847. The molecule has 0 spiro atoms. The molecule has 124 valence electrons. The van der Waals surface area contributed by atoms with Crippen molar-refractivity contribution < 1.29 is 4.79 Å². The van der Waals surface area contributed by atoms with Crippen molar-refractivity contribution in [2.75, 3.05) is 5.32 Å². The van der Waals surface area contributed by atoms with E-state index in [2.05, 4.69) is 5.32 Å². The number of aromatic nitrogens is 2. The fraction of sp³-hybridized carbons (Fsp3) is 0.222. The zero-order valence-electron chi connectivity index (χ0n) is 13.3. The molecule has 0 bridgehead atoms. The highest BCUT2D eigenvalue weighted by molar-refractivity contribution is 6.33. The van der Waals surface area contributed by atoms with Gasteiger partial charge in [-0.25, -0.2) is 4.79 Å². The number of para-hydroxylation sites is 3. The van der Waals surface area contributed by atoms with E-state index in [4.69, 9.17) is 11.6 Å². The van der Waals surface area contributed by atoms with E-state index in [0.717, 1.165) is 17.5 Å². The zero-order valence-corrected chi connectivity index (χ0v) is 14.1. The van der Waals surface area contributed by atoms with E-state index < -0.39 is 0 Å². The van der Waals surface area contributed by atoms with Crippen molar-refractivity contribution in [1.29, 1.82) is 0 Å². The van der Waals surface area contributed by atoms with Crippen LogP contribution in [0.5, 0.6) is 0 Å². The summed E-state index contributed by atoms with van der Waals surface area (Å²) in [5, 5.41) is 3.22. The summed E-state index contributed by atoms with van der Waals surface area (Å²) >= 11 is 6.06. The highest BCUT2D eigenvalue weighted by Crippen LogP contribution is 2.20. The van der Waals surface area contributed by atoms with Gasteiger partial charge in [-0.1, -0.05) is 42.8 Å². The molecule has 0 saturated heterocycles. The molecule has 0 atom stereocenters. The van der Waals surface area contributed by atoms with Gasteiger partial charge in [-0.3, -0.25) is 13.9 Å². The number of carbonyl (C=O) groups excluding carboxylic acids is 1. The highest BCUT2D eigenvalue weighted by Gasteiger charge is 2.15. The molecule has 0 aliphatic heterocycles. The largest absolute Gasteiger partial charge is 0.329 e. The summed E-state index contributed by atoms with van der Waals surface area (Å²) < 4.78 is 3.20. The summed E-state index contributed by atoms with van der Waals surface area (Å²) in [7, 11) is 0. The molecule has 1 N–H and O–H groups in total. The number of hydrogen-bond acceptors (Lipinski definition) is 2. The third-order valence-electron chi connectivity index (χ3n) is 3.82. The number of amides is 1. The topological polar surface area (TPSA) is 56.0 Å². The molecule has 0 aliphatic carbocycles. The summed E-state index contributed by atoms with van der Waals surface area (Å²) in [5.74, 6) is -0.287. The number of anilines is 1. The van der Waals surface area contributed by atoms with Crippen LogP contribution in [0.2, 0.25) is 5.02 Å². The molecule has 2 aromatic carbocycles. The molecule has 0 fully saturated rings. The van der Waals surface area contributed by atoms with Gasteiger partial charge in [0, 0.05) is 6.54 Å². The second-order valence-electron chi connectivity index (χ2n) is 5.54. The molecule has 0 saturated carbocycles. The molecule has 0 aliphatic rings. The van der Waals surface area contributed by atoms with Crippen LogP contribution >= 0.6 is 11.6 Å². The molecule has 3 aromatic rings. The van der Waals surface area contributed by atoms with Gasteiger partial charge in [0.15, 0.2) is 0 Å². The van der Waals surface area contributed by atoms with Gasteiger partial charge < -0.3 is 5.32 Å². The van der Waals surface area contributed by atoms with Crippen molar-refractivity contribution in [1.82, 2.24) is 9.13 Å². The van der Waals surface area contributed by atoms with E-state index in [1.165, 1.54) is 4.57 Å². The second-order valence-corrected chi connectivity index (χ2v) is 5.94. The van der Waals surface area contributed by atoms with E-state index >= 15 is 0 Å². The van der Waals surface area contributed by atoms with Crippen molar-refractivity contribution in [2.24, 2.45) is 0 Å². The van der Waals surface area contributed by atoms with Gasteiger partial charge in [0.2, 0.25) is 5.91 Å². The lowest BCUT2D eigenvalue weighted by molar-refractivity contribution is -0.116. The Balaban J connectivity index is 1.93. The van der Waals surface area contributed by atoms with Crippen LogP contribution in [0.4, 0.5) is 5.69 Å². The van der Waals surface area contributed by atoms with Crippen LogP contribution in [0, 0.1) is 0 Å². The van der Waals surface area contributed by atoms with Crippen LogP contribution in [-0.4, -0.2) is 15.0 Å². The number of aryl methyl sites for hydroxylation is 1. The lowest BCUT2D eigenvalue weighted by atomic mass is 10.3. The number of nitrogens with one attached hydrogen (secondary N) is 1. The molecule has 1 amide bonds. The Kier molecular flexibility index (Phi) is 4.71. The van der Waals surface area contributed by atoms with Crippen molar-refractivity contribution in [3.8, 4) is 0 Å². The summed E-state index contributed by atoms with van der Waals surface area (Å²) in [6.45, 7) is 2.59. The maximum Gasteiger partial charge on any atom is 0.329 e. The number of carbonyl (C=O) groups is 1. The van der Waals surface area contributed by atoms with E-state index in [9.17, 15) is 9.59 Å². The summed E-state index contributed by atoms with van der Waals surface area (Å²) in [6, 6.07) is 14.5. The Hall–Kier alpha value is -2.53. The summed E-state index contributed by atoms with van der Waals surface area (Å²) in [5.41, 5.74) is 1.96. The third-order valence-corrected chi connectivity index (χ3v) is 4.15. The molecule has 0 unspecified atom stereocenters. The minimum Gasteiger partial charge on any atom is -0.323 e. The first-order valence-electron chi connectivity index (χ1n) is 7.84. The van der Waals surface area contributed by atoms with Gasteiger partial charge in [-0.05, 0) is 30.7 Å². The van der Waals surface area contributed by atoms with Crippen molar-refractivity contribution >= 4 is 34.2 Å². The van der Waals surface area contributed by atoms with E-state index in [1.54, 1.807) is 28.8 Å². The number of hydrogen-bond donors (Lipinski definition) is 1. The first-order chi connectivity index (χ1) is 11.6. The summed E-state index contributed by atoms with van der Waals surface area (Å²) in [4.78, 5) is 25.0. The number of imidazole rings is 1. The van der Waals surface area contributed by atoms with Gasteiger partial charge in [0.1, 0.15) is 6.54 Å². The van der Waals surface area contributed by atoms with Crippen molar-refractivity contribution in [3.63, 3.8) is 0 Å². The Bertz CT molecular complexity index is 943. The Morgan fingerprint density at radius 2 is 1.67 bits per heavy atom. The van der Waals surface area contributed by atoms with Gasteiger partial charge in [-0.15, -0.1) is 0 Å². The van der Waals surface area contributed by atoms with Crippen LogP contribution in [0.15, 0.2) is 53.3 Å². The number of fused-ring (bicyclic) bond motifs is 1. The Morgan fingerprint density at radius 3 is 2.33 bits per heavy atom. The van der Waals surface area contributed by atoms with Gasteiger partial charge in [0.05, 0.1) is 21.7 Å². The number of rotatable bonds is 5. The highest BCUT2D eigenvalue weighted by atomic mass is 35.5. The Morgan fingerprint density at radius 1 is 1.04 bits per heavy atom. The predicted octanol–water partition coefficient (Wildman–Crippen LogP) is 3.51. The van der Waals surface area contributed by atoms with Crippen LogP contribution < -0.4 is 11.0 Å². The van der Waals surface area contributed by atoms with E-state index in [1.807, 2.05) is 31.2 Å². The van der Waals surface area contributed by atoms with Crippen LogP contribution in [0.1, 0.15) is 13.3 Å². The van der Waals surface area contributed by atoms with Crippen molar-refractivity contribution in [3.05, 3.63) is 64.0 Å². The number of benzene rings is 2. The van der Waals surface area contributed by atoms with Gasteiger partial charge in [-0.2, -0.15) is 0 Å². The van der Waals surface area contributed by atoms with Gasteiger partial charge in [0.25, 0.3) is 0 Å². The smallest absolute Gasteiger partial charge is 0.323 e. The minimum atomic E-state index is -0.287. The number of nitrogens with zero attached hydrogens (tertiary/aromatic N) is 2. The first kappa shape index (κ1) is 16.3. The molecule has 0 radical (unpaired) electrons. The molecule has 6 heteroatoms. The molecule has 3 rings (SSSR count). The normalized spacial score (nSPS) is 10.9. The average Bonchev–Trinajstić information content (AvgIpc) is 2.83. The zero-order chi connectivity index (χ0) is 17.1. The van der Waals surface area contributed by atoms with E-state index in [-0.39, 0.29) is 18.1 Å². The predicted molar refractivity (Wildman–Crippen MR) is 96.6 cm³/mol. The first-order valence-corrected chi connectivity index (χ1v) is 8.22. The van der Waals surface area contributed by atoms with Crippen molar-refractivity contribution in [2.45, 2.75) is 26.4 Å². The van der Waals surface area contributed by atoms with E-state index in [0.29, 0.717) is 17.3 Å². The molecular formula is C18H18ClN3O2. The monoisotopic (exact) mass is 343 g/mol. The van der Waals surface area contributed by atoms with Crippen LogP contribution in [0.25, 0.3) is 11.0 Å². The fourth-order valence-electron chi connectivity index (χ4n) is 2.76. The minimum absolute atomic E-state index is 0.0543. The fourth-order valence-corrected chi connectivity index (χ4v) is 2.94. The van der Waals surface area contributed by atoms with Gasteiger partial charge >= 0.3 is 5.69 Å². The second kappa shape index (κ2) is 6.93. The quantitative estimate of drug-likeness (QED) is 0.770. The molecule has 1 aromatic heterocycles. The molecular weight excluding hydrogens is 326 g/mol. The van der Waals surface area contributed by atoms with Crippen LogP contribution in [0.3, 0.4) is 0 Å². The maximum atomic E-state index is 12.7. The molecule has 1 heterocycles. The number of halogens is 1. The van der Waals surface area contributed by atoms with Crippen LogP contribution in [-0.2, 0) is 17.9 Å². The lowest BCUT2D eigenvalue weighted by Gasteiger charge is -2.07. The Labute approximate surface area is 144 Å². The standard InChI is InChI=1S/C18H18ClN3O2/c1-2-11-21-15-9-5-6-10-16(15)22(18(21)24)12-17(23)20-14-8-4-3-7-13(14)19/h3-10H,2,11-12H2,1H3,(H,20,23).